The normalized spacial score (nSPS) is 18.2. The summed E-state index contributed by atoms with van der Waals surface area (Å²) in [5, 5.41) is 9.20. The Morgan fingerprint density at radius 1 is 1.18 bits per heavy atom. The highest BCUT2D eigenvalue weighted by Gasteiger charge is 2.24. The predicted octanol–water partition coefficient (Wildman–Crippen LogP) is 4.24. The maximum Gasteiger partial charge on any atom is 0.307 e. The highest BCUT2D eigenvalue weighted by atomic mass is 16.5. The number of aryl methyl sites for hydroxylation is 1. The molecule has 2 aromatic rings. The van der Waals surface area contributed by atoms with Gasteiger partial charge in [-0.1, -0.05) is 60.7 Å². The predicted molar refractivity (Wildman–Crippen MR) is 112 cm³/mol. The molecule has 0 radical (unpaired) electrons. The van der Waals surface area contributed by atoms with Crippen molar-refractivity contribution in [1.82, 2.24) is 4.90 Å². The Hall–Kier alpha value is -2.43. The summed E-state index contributed by atoms with van der Waals surface area (Å²) in [6.07, 6.45) is 3.88. The van der Waals surface area contributed by atoms with Gasteiger partial charge in [-0.15, -0.1) is 0 Å². The number of hydrogen-bond acceptors (Lipinski definition) is 3. The largest absolute Gasteiger partial charge is 0.481 e. The highest BCUT2D eigenvalue weighted by Crippen LogP contribution is 2.25. The fourth-order valence-electron chi connectivity index (χ4n) is 3.76. The van der Waals surface area contributed by atoms with Crippen molar-refractivity contribution < 1.29 is 14.6 Å². The lowest BCUT2D eigenvalue weighted by atomic mass is 9.94. The zero-order chi connectivity index (χ0) is 19.8. The molecule has 1 N–H and O–H groups in total. The van der Waals surface area contributed by atoms with Gasteiger partial charge in [-0.3, -0.25) is 4.79 Å². The van der Waals surface area contributed by atoms with Crippen molar-refractivity contribution in [2.75, 3.05) is 32.8 Å². The molecule has 28 heavy (non-hydrogen) atoms. The van der Waals surface area contributed by atoms with Gasteiger partial charge in [-0.25, -0.2) is 0 Å². The smallest absolute Gasteiger partial charge is 0.307 e. The number of carboxylic acid groups (broad SMARTS) is 1. The highest BCUT2D eigenvalue weighted by molar-refractivity contribution is 5.81. The summed E-state index contributed by atoms with van der Waals surface area (Å²) < 4.78 is 5.88. The van der Waals surface area contributed by atoms with Crippen molar-refractivity contribution in [3.05, 3.63) is 77.4 Å². The third-order valence-corrected chi connectivity index (χ3v) is 5.33. The molecule has 1 aliphatic heterocycles. The van der Waals surface area contributed by atoms with E-state index in [2.05, 4.69) is 66.4 Å². The van der Waals surface area contributed by atoms with Crippen LogP contribution in [0.15, 0.2) is 60.7 Å². The van der Waals surface area contributed by atoms with Crippen LogP contribution < -0.4 is 0 Å². The molecule has 0 bridgehead atoms. The molecule has 1 atom stereocenters. The minimum absolute atomic E-state index is 0.237. The monoisotopic (exact) mass is 379 g/mol. The van der Waals surface area contributed by atoms with E-state index in [0.717, 1.165) is 25.9 Å². The van der Waals surface area contributed by atoms with Gasteiger partial charge in [-0.2, -0.15) is 0 Å². The van der Waals surface area contributed by atoms with Crippen LogP contribution in [0.5, 0.6) is 0 Å². The van der Waals surface area contributed by atoms with Crippen molar-refractivity contribution in [3.63, 3.8) is 0 Å². The Labute approximate surface area is 167 Å². The molecule has 4 nitrogen and oxygen atoms in total. The number of nitrogens with zero attached hydrogens (tertiary/aromatic N) is 1. The van der Waals surface area contributed by atoms with Crippen molar-refractivity contribution in [2.24, 2.45) is 5.92 Å². The van der Waals surface area contributed by atoms with E-state index in [1.807, 2.05) is 6.07 Å². The summed E-state index contributed by atoms with van der Waals surface area (Å²) >= 11 is 0. The second-order valence-electron chi connectivity index (χ2n) is 7.35. The Bertz CT molecular complexity index is 801. The molecule has 4 heteroatoms. The van der Waals surface area contributed by atoms with Gasteiger partial charge in [-0.05, 0) is 48.6 Å². The summed E-state index contributed by atoms with van der Waals surface area (Å²) in [6, 6.07) is 18.8. The Balaban J connectivity index is 1.58. The topological polar surface area (TPSA) is 49.8 Å². The van der Waals surface area contributed by atoms with Gasteiger partial charge in [0.15, 0.2) is 0 Å². The minimum atomic E-state index is -0.681. The molecule has 2 aromatic carbocycles. The molecule has 148 valence electrons. The summed E-state index contributed by atoms with van der Waals surface area (Å²) in [5.74, 6) is -0.918. The maximum atomic E-state index is 11.2. The number of piperidine rings is 1. The third-order valence-electron chi connectivity index (χ3n) is 5.33. The minimum Gasteiger partial charge on any atom is -0.481 e. The molecule has 1 aliphatic rings. The second-order valence-corrected chi connectivity index (χ2v) is 7.35. The molecular formula is C24H29NO3. The molecule has 0 saturated carbocycles. The standard InChI is InChI=1S/C24H29NO3/c1-19-8-5-6-12-22(19)23(20-9-3-2-4-10-20)13-16-28-17-15-25-14-7-11-21(18-25)24(26)27/h2-6,8-10,12-13,21H,7,11,14-18H2,1H3,(H,26,27)/t21-/m1/s1. The molecule has 1 fully saturated rings. The first-order chi connectivity index (χ1) is 13.6. The van der Waals surface area contributed by atoms with Gasteiger partial charge in [0.1, 0.15) is 0 Å². The number of hydrogen-bond donors (Lipinski definition) is 1. The van der Waals surface area contributed by atoms with Crippen LogP contribution in [0, 0.1) is 12.8 Å². The third kappa shape index (κ3) is 5.54. The van der Waals surface area contributed by atoms with Gasteiger partial charge >= 0.3 is 5.97 Å². The van der Waals surface area contributed by atoms with E-state index < -0.39 is 5.97 Å². The zero-order valence-electron chi connectivity index (χ0n) is 16.5. The van der Waals surface area contributed by atoms with Crippen LogP contribution in [0.4, 0.5) is 0 Å². The van der Waals surface area contributed by atoms with E-state index in [1.165, 1.54) is 22.3 Å². The van der Waals surface area contributed by atoms with Crippen LogP contribution in [0.25, 0.3) is 5.57 Å². The Morgan fingerprint density at radius 2 is 1.93 bits per heavy atom. The number of likely N-dealkylation sites (tertiary alicyclic amines) is 1. The fraction of sp³-hybridized carbons (Fsp3) is 0.375. The Kier molecular flexibility index (Phi) is 7.40. The van der Waals surface area contributed by atoms with Crippen LogP contribution in [0.1, 0.15) is 29.5 Å². The van der Waals surface area contributed by atoms with E-state index in [0.29, 0.717) is 19.8 Å². The first-order valence-corrected chi connectivity index (χ1v) is 9.99. The van der Waals surface area contributed by atoms with Gasteiger partial charge in [0.05, 0.1) is 19.1 Å². The lowest BCUT2D eigenvalue weighted by Gasteiger charge is -2.30. The zero-order valence-corrected chi connectivity index (χ0v) is 16.5. The summed E-state index contributed by atoms with van der Waals surface area (Å²) in [7, 11) is 0. The number of aliphatic carboxylic acids is 1. The summed E-state index contributed by atoms with van der Waals surface area (Å²) in [4.78, 5) is 13.4. The molecule has 0 aliphatic carbocycles. The van der Waals surface area contributed by atoms with Crippen LogP contribution in [0.2, 0.25) is 0 Å². The van der Waals surface area contributed by atoms with Crippen molar-refractivity contribution in [1.29, 1.82) is 0 Å². The quantitative estimate of drug-likeness (QED) is 0.697. The average Bonchev–Trinajstić information content (AvgIpc) is 2.72. The SMILES string of the molecule is Cc1ccccc1C(=CCOCCN1CCC[C@@H](C(=O)O)C1)c1ccccc1. The van der Waals surface area contributed by atoms with E-state index >= 15 is 0 Å². The summed E-state index contributed by atoms with van der Waals surface area (Å²) in [6.45, 7) is 5.65. The molecule has 0 unspecified atom stereocenters. The van der Waals surface area contributed by atoms with Crippen LogP contribution >= 0.6 is 0 Å². The average molecular weight is 380 g/mol. The fourth-order valence-corrected chi connectivity index (χ4v) is 3.76. The first kappa shape index (κ1) is 20.3. The maximum absolute atomic E-state index is 11.2. The molecular weight excluding hydrogens is 350 g/mol. The molecule has 0 spiro atoms. The number of carbonyl (C=O) groups is 1. The van der Waals surface area contributed by atoms with E-state index in [4.69, 9.17) is 4.74 Å². The van der Waals surface area contributed by atoms with Crippen molar-refractivity contribution in [2.45, 2.75) is 19.8 Å². The van der Waals surface area contributed by atoms with Gasteiger partial charge < -0.3 is 14.7 Å². The van der Waals surface area contributed by atoms with E-state index in [1.54, 1.807) is 0 Å². The van der Waals surface area contributed by atoms with Gasteiger partial charge in [0, 0.05) is 13.1 Å². The lowest BCUT2D eigenvalue weighted by Crippen LogP contribution is -2.40. The number of carboxylic acids is 1. The van der Waals surface area contributed by atoms with Crippen molar-refractivity contribution >= 4 is 11.5 Å². The first-order valence-electron chi connectivity index (χ1n) is 9.99. The second kappa shape index (κ2) is 10.2. The van der Waals surface area contributed by atoms with Gasteiger partial charge in [0.25, 0.3) is 0 Å². The van der Waals surface area contributed by atoms with Crippen LogP contribution in [-0.2, 0) is 9.53 Å². The van der Waals surface area contributed by atoms with Crippen molar-refractivity contribution in [3.8, 4) is 0 Å². The molecule has 0 amide bonds. The molecule has 3 rings (SSSR count). The van der Waals surface area contributed by atoms with Crippen LogP contribution in [0.3, 0.4) is 0 Å². The number of rotatable bonds is 8. The molecule has 1 saturated heterocycles. The Morgan fingerprint density at radius 3 is 2.68 bits per heavy atom. The molecule has 0 aromatic heterocycles. The van der Waals surface area contributed by atoms with Crippen LogP contribution in [-0.4, -0.2) is 48.8 Å². The lowest BCUT2D eigenvalue weighted by molar-refractivity contribution is -0.143. The number of ether oxygens (including phenoxy) is 1. The number of benzene rings is 2. The summed E-state index contributed by atoms with van der Waals surface area (Å²) in [5.41, 5.74) is 4.83. The van der Waals surface area contributed by atoms with E-state index in [9.17, 15) is 9.90 Å². The van der Waals surface area contributed by atoms with Gasteiger partial charge in [0.2, 0.25) is 0 Å². The van der Waals surface area contributed by atoms with E-state index in [-0.39, 0.29) is 5.92 Å². The molecule has 1 heterocycles.